The minimum atomic E-state index is -0.00961. The highest BCUT2D eigenvalue weighted by Crippen LogP contribution is 2.24. The van der Waals surface area contributed by atoms with Gasteiger partial charge in [-0.3, -0.25) is 10.00 Å². The van der Waals surface area contributed by atoms with Crippen LogP contribution in [0.2, 0.25) is 0 Å². The van der Waals surface area contributed by atoms with Gasteiger partial charge in [0.2, 0.25) is 0 Å². The number of benzene rings is 1. The van der Waals surface area contributed by atoms with Crippen LogP contribution in [0.5, 0.6) is 0 Å². The van der Waals surface area contributed by atoms with E-state index in [4.69, 9.17) is 4.42 Å². The Hall–Kier alpha value is -2.11. The molecular formula is C16H17N3O2. The zero-order valence-corrected chi connectivity index (χ0v) is 11.7. The summed E-state index contributed by atoms with van der Waals surface area (Å²) in [4.78, 5) is 2.33. The molecule has 0 radical (unpaired) electrons. The molecule has 21 heavy (non-hydrogen) atoms. The maximum absolute atomic E-state index is 9.33. The van der Waals surface area contributed by atoms with Gasteiger partial charge in [0.15, 0.2) is 0 Å². The molecule has 2 N–H and O–H groups in total. The predicted molar refractivity (Wildman–Crippen MR) is 78.5 cm³/mol. The standard InChI is InChI=1S/C16H17N3O2/c20-10-15-13-9-19(6-5-14(13)17-18-15)8-12-7-11-3-1-2-4-16(11)21-12/h1-4,7,20H,5-6,8-10H2,(H,17,18). The van der Waals surface area contributed by atoms with Crippen LogP contribution in [0.1, 0.15) is 22.7 Å². The van der Waals surface area contributed by atoms with Gasteiger partial charge in [0.25, 0.3) is 0 Å². The Labute approximate surface area is 122 Å². The summed E-state index contributed by atoms with van der Waals surface area (Å²) in [7, 11) is 0. The molecule has 0 atom stereocenters. The molecule has 0 aliphatic carbocycles. The quantitative estimate of drug-likeness (QED) is 0.773. The molecule has 1 aromatic carbocycles. The van der Waals surface area contributed by atoms with Crippen molar-refractivity contribution in [2.45, 2.75) is 26.1 Å². The average Bonchev–Trinajstić information content (AvgIpc) is 3.09. The molecule has 1 aliphatic rings. The normalized spacial score (nSPS) is 15.5. The van der Waals surface area contributed by atoms with Crippen molar-refractivity contribution in [1.29, 1.82) is 0 Å². The molecule has 0 unspecified atom stereocenters. The Bertz CT molecular complexity index is 728. The fourth-order valence-electron chi connectivity index (χ4n) is 3.01. The van der Waals surface area contributed by atoms with E-state index in [1.807, 2.05) is 18.2 Å². The lowest BCUT2D eigenvalue weighted by molar-refractivity contribution is 0.222. The molecule has 108 valence electrons. The van der Waals surface area contributed by atoms with Gasteiger partial charge in [0, 0.05) is 36.2 Å². The number of para-hydroxylation sites is 1. The SMILES string of the molecule is OCc1n[nH]c2c1CN(Cc1cc3ccccc3o1)CC2. The van der Waals surface area contributed by atoms with Gasteiger partial charge in [0.1, 0.15) is 11.3 Å². The lowest BCUT2D eigenvalue weighted by Gasteiger charge is -2.25. The van der Waals surface area contributed by atoms with Crippen molar-refractivity contribution in [3.63, 3.8) is 0 Å². The summed E-state index contributed by atoms with van der Waals surface area (Å²) in [5, 5.41) is 17.7. The van der Waals surface area contributed by atoms with Gasteiger partial charge in [-0.1, -0.05) is 18.2 Å². The molecule has 4 rings (SSSR count). The summed E-state index contributed by atoms with van der Waals surface area (Å²) in [5.74, 6) is 0.980. The van der Waals surface area contributed by atoms with E-state index in [1.165, 1.54) is 0 Å². The van der Waals surface area contributed by atoms with Gasteiger partial charge >= 0.3 is 0 Å². The zero-order valence-electron chi connectivity index (χ0n) is 11.7. The van der Waals surface area contributed by atoms with E-state index in [0.29, 0.717) is 0 Å². The maximum Gasteiger partial charge on any atom is 0.134 e. The fourth-order valence-corrected chi connectivity index (χ4v) is 3.01. The number of furan rings is 1. The van der Waals surface area contributed by atoms with Gasteiger partial charge in [0.05, 0.1) is 18.8 Å². The van der Waals surface area contributed by atoms with Gasteiger partial charge < -0.3 is 9.52 Å². The summed E-state index contributed by atoms with van der Waals surface area (Å²) in [6, 6.07) is 10.2. The smallest absolute Gasteiger partial charge is 0.134 e. The van der Waals surface area contributed by atoms with Crippen molar-refractivity contribution in [3.05, 3.63) is 53.0 Å². The highest BCUT2D eigenvalue weighted by molar-refractivity contribution is 5.77. The van der Waals surface area contributed by atoms with Gasteiger partial charge in [-0.05, 0) is 12.1 Å². The Morgan fingerprint density at radius 2 is 2.24 bits per heavy atom. The first-order valence-electron chi connectivity index (χ1n) is 7.19. The number of nitrogens with zero attached hydrogens (tertiary/aromatic N) is 2. The van der Waals surface area contributed by atoms with E-state index in [2.05, 4.69) is 27.2 Å². The summed E-state index contributed by atoms with van der Waals surface area (Å²) >= 11 is 0. The van der Waals surface area contributed by atoms with Gasteiger partial charge in [-0.25, -0.2) is 0 Å². The number of fused-ring (bicyclic) bond motifs is 2. The number of aromatic nitrogens is 2. The number of nitrogens with one attached hydrogen (secondary N) is 1. The van der Waals surface area contributed by atoms with Crippen LogP contribution in [-0.4, -0.2) is 26.7 Å². The van der Waals surface area contributed by atoms with E-state index in [0.717, 1.165) is 59.7 Å². The molecular weight excluding hydrogens is 266 g/mol. The van der Waals surface area contributed by atoms with Crippen molar-refractivity contribution >= 4 is 11.0 Å². The number of H-pyrrole nitrogens is 1. The third-order valence-corrected chi connectivity index (χ3v) is 4.10. The summed E-state index contributed by atoms with van der Waals surface area (Å²) < 4.78 is 5.88. The Balaban J connectivity index is 1.55. The maximum atomic E-state index is 9.33. The minimum Gasteiger partial charge on any atom is -0.460 e. The molecule has 1 aliphatic heterocycles. The summed E-state index contributed by atoms with van der Waals surface area (Å²) in [6.45, 7) is 2.55. The molecule has 2 aromatic heterocycles. The third-order valence-electron chi connectivity index (χ3n) is 4.10. The Kier molecular flexibility index (Phi) is 3.02. The highest BCUT2D eigenvalue weighted by Gasteiger charge is 2.22. The molecule has 5 heteroatoms. The number of aliphatic hydroxyl groups is 1. The molecule has 0 spiro atoms. The van der Waals surface area contributed by atoms with Crippen LogP contribution in [0.3, 0.4) is 0 Å². The lowest BCUT2D eigenvalue weighted by atomic mass is 10.1. The second-order valence-corrected chi connectivity index (χ2v) is 5.50. The van der Waals surface area contributed by atoms with Crippen LogP contribution >= 0.6 is 0 Å². The fraction of sp³-hybridized carbons (Fsp3) is 0.312. The molecule has 0 bridgehead atoms. The highest BCUT2D eigenvalue weighted by atomic mass is 16.3. The second kappa shape index (κ2) is 5.02. The monoisotopic (exact) mass is 283 g/mol. The third kappa shape index (κ3) is 2.24. The number of aliphatic hydroxyl groups excluding tert-OH is 1. The zero-order chi connectivity index (χ0) is 14.2. The molecule has 3 heterocycles. The van der Waals surface area contributed by atoms with Crippen LogP contribution in [-0.2, 0) is 26.1 Å². The molecule has 0 fully saturated rings. The number of aromatic amines is 1. The van der Waals surface area contributed by atoms with Crippen molar-refractivity contribution in [2.24, 2.45) is 0 Å². The summed E-state index contributed by atoms with van der Waals surface area (Å²) in [6.07, 6.45) is 0.933. The summed E-state index contributed by atoms with van der Waals surface area (Å²) in [5.41, 5.74) is 3.99. The Morgan fingerprint density at radius 3 is 3.10 bits per heavy atom. The van der Waals surface area contributed by atoms with Crippen LogP contribution < -0.4 is 0 Å². The van der Waals surface area contributed by atoms with E-state index >= 15 is 0 Å². The largest absolute Gasteiger partial charge is 0.460 e. The topological polar surface area (TPSA) is 65.3 Å². The first-order valence-corrected chi connectivity index (χ1v) is 7.19. The minimum absolute atomic E-state index is 0.00961. The van der Waals surface area contributed by atoms with Crippen molar-refractivity contribution < 1.29 is 9.52 Å². The van der Waals surface area contributed by atoms with Gasteiger partial charge in [-0.15, -0.1) is 0 Å². The second-order valence-electron chi connectivity index (χ2n) is 5.50. The number of hydrogen-bond donors (Lipinski definition) is 2. The predicted octanol–water partition coefficient (Wildman–Crippen LogP) is 2.21. The number of rotatable bonds is 3. The molecule has 5 nitrogen and oxygen atoms in total. The van der Waals surface area contributed by atoms with Crippen LogP contribution in [0.4, 0.5) is 0 Å². The van der Waals surface area contributed by atoms with Crippen LogP contribution in [0.25, 0.3) is 11.0 Å². The first kappa shape index (κ1) is 12.6. The lowest BCUT2D eigenvalue weighted by Crippen LogP contribution is -2.30. The van der Waals surface area contributed by atoms with E-state index in [9.17, 15) is 5.11 Å². The molecule has 0 amide bonds. The van der Waals surface area contributed by atoms with Crippen molar-refractivity contribution in [2.75, 3.05) is 6.54 Å². The number of hydrogen-bond acceptors (Lipinski definition) is 4. The Morgan fingerprint density at radius 1 is 1.33 bits per heavy atom. The van der Waals surface area contributed by atoms with Crippen molar-refractivity contribution in [3.8, 4) is 0 Å². The van der Waals surface area contributed by atoms with Crippen LogP contribution in [0.15, 0.2) is 34.7 Å². The van der Waals surface area contributed by atoms with Gasteiger partial charge in [-0.2, -0.15) is 5.10 Å². The van der Waals surface area contributed by atoms with E-state index in [-0.39, 0.29) is 6.61 Å². The van der Waals surface area contributed by atoms with Crippen molar-refractivity contribution in [1.82, 2.24) is 15.1 Å². The molecule has 0 saturated heterocycles. The molecule has 0 saturated carbocycles. The van der Waals surface area contributed by atoms with E-state index < -0.39 is 0 Å². The molecule has 3 aromatic rings. The van der Waals surface area contributed by atoms with E-state index in [1.54, 1.807) is 0 Å². The first-order chi connectivity index (χ1) is 10.3. The van der Waals surface area contributed by atoms with Crippen LogP contribution in [0, 0.1) is 0 Å². The average molecular weight is 283 g/mol.